The van der Waals surface area contributed by atoms with Crippen molar-refractivity contribution in [1.82, 2.24) is 4.31 Å². The van der Waals surface area contributed by atoms with Crippen LogP contribution in [-0.2, 0) is 15.4 Å². The molecule has 1 aliphatic carbocycles. The van der Waals surface area contributed by atoms with Crippen LogP contribution in [0.1, 0.15) is 45.6 Å². The molecule has 21 heavy (non-hydrogen) atoms. The topological polar surface area (TPSA) is 37.4 Å². The summed E-state index contributed by atoms with van der Waals surface area (Å²) in [5.74, 6) is 1.15. The number of hydrogen-bond acceptors (Lipinski definition) is 2. The van der Waals surface area contributed by atoms with E-state index in [1.54, 1.807) is 16.4 Å². The van der Waals surface area contributed by atoms with Crippen LogP contribution in [0.2, 0.25) is 0 Å². The first-order chi connectivity index (χ1) is 9.77. The predicted octanol–water partition coefficient (Wildman–Crippen LogP) is 3.40. The summed E-state index contributed by atoms with van der Waals surface area (Å²) in [5.41, 5.74) is 1.21. The summed E-state index contributed by atoms with van der Waals surface area (Å²) in [6, 6.07) is 7.44. The van der Waals surface area contributed by atoms with Crippen molar-refractivity contribution < 1.29 is 8.42 Å². The highest BCUT2D eigenvalue weighted by atomic mass is 32.2. The number of rotatable bonds is 2. The quantitative estimate of drug-likeness (QED) is 0.839. The van der Waals surface area contributed by atoms with Crippen molar-refractivity contribution in [3.63, 3.8) is 0 Å². The third-order valence-electron chi connectivity index (χ3n) is 4.93. The highest BCUT2D eigenvalue weighted by molar-refractivity contribution is 7.89. The molecule has 1 saturated carbocycles. The van der Waals surface area contributed by atoms with Crippen LogP contribution in [0.15, 0.2) is 29.2 Å². The molecule has 1 aliphatic heterocycles. The van der Waals surface area contributed by atoms with E-state index >= 15 is 0 Å². The third-order valence-corrected chi connectivity index (χ3v) is 6.78. The van der Waals surface area contributed by atoms with E-state index in [0.717, 1.165) is 0 Å². The van der Waals surface area contributed by atoms with E-state index < -0.39 is 10.0 Å². The first-order valence-corrected chi connectivity index (χ1v) is 9.31. The maximum atomic E-state index is 12.8. The van der Waals surface area contributed by atoms with Crippen molar-refractivity contribution in [2.45, 2.75) is 50.3 Å². The molecule has 1 aromatic rings. The zero-order chi connectivity index (χ0) is 15.3. The number of benzene rings is 1. The Kier molecular flexibility index (Phi) is 3.65. The molecule has 0 N–H and O–H groups in total. The lowest BCUT2D eigenvalue weighted by atomic mass is 9.87. The SMILES string of the molecule is CC(C)(C)c1ccc(S(=O)(=O)N2CC3CCC(C3)C2)cc1. The molecule has 2 fully saturated rings. The summed E-state index contributed by atoms with van der Waals surface area (Å²) in [4.78, 5) is 0.441. The van der Waals surface area contributed by atoms with Gasteiger partial charge in [0.1, 0.15) is 0 Å². The molecule has 1 saturated heterocycles. The van der Waals surface area contributed by atoms with E-state index in [2.05, 4.69) is 20.8 Å². The van der Waals surface area contributed by atoms with Gasteiger partial charge >= 0.3 is 0 Å². The van der Waals surface area contributed by atoms with Crippen LogP contribution in [0.5, 0.6) is 0 Å². The Labute approximate surface area is 128 Å². The lowest BCUT2D eigenvalue weighted by Gasteiger charge is -2.31. The smallest absolute Gasteiger partial charge is 0.207 e. The van der Waals surface area contributed by atoms with Crippen molar-refractivity contribution >= 4 is 10.0 Å². The van der Waals surface area contributed by atoms with Crippen LogP contribution in [-0.4, -0.2) is 25.8 Å². The van der Waals surface area contributed by atoms with Gasteiger partial charge in [-0.3, -0.25) is 0 Å². The standard InChI is InChI=1S/C17H25NO2S/c1-17(2,3)15-6-8-16(9-7-15)21(19,20)18-11-13-4-5-14(10-13)12-18/h6-9,13-14H,4-5,10-12H2,1-3H3. The third kappa shape index (κ3) is 2.88. The molecule has 1 aromatic carbocycles. The zero-order valence-electron chi connectivity index (χ0n) is 13.2. The summed E-state index contributed by atoms with van der Waals surface area (Å²) < 4.78 is 27.3. The van der Waals surface area contributed by atoms with E-state index in [1.165, 1.54) is 24.8 Å². The van der Waals surface area contributed by atoms with Crippen LogP contribution in [0.4, 0.5) is 0 Å². The lowest BCUT2D eigenvalue weighted by molar-refractivity contribution is 0.261. The molecule has 2 unspecified atom stereocenters. The van der Waals surface area contributed by atoms with Crippen LogP contribution in [0.3, 0.4) is 0 Å². The second-order valence-corrected chi connectivity index (χ2v) is 9.58. The van der Waals surface area contributed by atoms with Crippen LogP contribution >= 0.6 is 0 Å². The molecule has 2 bridgehead atoms. The Morgan fingerprint density at radius 3 is 2.00 bits per heavy atom. The highest BCUT2D eigenvalue weighted by Gasteiger charge is 2.38. The Morgan fingerprint density at radius 2 is 1.52 bits per heavy atom. The fourth-order valence-electron chi connectivity index (χ4n) is 3.63. The second kappa shape index (κ2) is 5.10. The van der Waals surface area contributed by atoms with Gasteiger partial charge in [-0.1, -0.05) is 32.9 Å². The number of sulfonamides is 1. The summed E-state index contributed by atoms with van der Waals surface area (Å²) >= 11 is 0. The molecule has 2 atom stereocenters. The van der Waals surface area contributed by atoms with Gasteiger partial charge < -0.3 is 0 Å². The number of nitrogens with zero attached hydrogens (tertiary/aromatic N) is 1. The normalized spacial score (nSPS) is 27.0. The van der Waals surface area contributed by atoms with Gasteiger partial charge in [-0.15, -0.1) is 0 Å². The van der Waals surface area contributed by atoms with Gasteiger partial charge in [0.2, 0.25) is 10.0 Å². The summed E-state index contributed by atoms with van der Waals surface area (Å²) in [5, 5.41) is 0. The molecule has 1 heterocycles. The van der Waals surface area contributed by atoms with Crippen molar-refractivity contribution in [3.05, 3.63) is 29.8 Å². The first kappa shape index (κ1) is 15.0. The predicted molar refractivity (Wildman–Crippen MR) is 84.7 cm³/mol. The highest BCUT2D eigenvalue weighted by Crippen LogP contribution is 2.38. The number of fused-ring (bicyclic) bond motifs is 2. The summed E-state index contributed by atoms with van der Waals surface area (Å²) in [6.07, 6.45) is 3.61. The summed E-state index contributed by atoms with van der Waals surface area (Å²) in [7, 11) is -3.32. The van der Waals surface area contributed by atoms with Crippen LogP contribution in [0.25, 0.3) is 0 Å². The first-order valence-electron chi connectivity index (χ1n) is 7.87. The van der Waals surface area contributed by atoms with E-state index in [4.69, 9.17) is 0 Å². The fraction of sp³-hybridized carbons (Fsp3) is 0.647. The van der Waals surface area contributed by atoms with Crippen LogP contribution in [0, 0.1) is 11.8 Å². The molecule has 116 valence electrons. The monoisotopic (exact) mass is 307 g/mol. The average molecular weight is 307 g/mol. The minimum absolute atomic E-state index is 0.0481. The zero-order valence-corrected chi connectivity index (χ0v) is 14.0. The van der Waals surface area contributed by atoms with Gasteiger partial charge in [-0.2, -0.15) is 4.31 Å². The average Bonchev–Trinajstić information content (AvgIpc) is 2.76. The maximum Gasteiger partial charge on any atom is 0.243 e. The van der Waals surface area contributed by atoms with E-state index in [9.17, 15) is 8.42 Å². The van der Waals surface area contributed by atoms with Gasteiger partial charge in [-0.25, -0.2) is 8.42 Å². The van der Waals surface area contributed by atoms with Gasteiger partial charge in [0.05, 0.1) is 4.90 Å². The molecule has 3 nitrogen and oxygen atoms in total. The summed E-state index contributed by atoms with van der Waals surface area (Å²) in [6.45, 7) is 7.83. The van der Waals surface area contributed by atoms with Gasteiger partial charge in [-0.05, 0) is 54.2 Å². The van der Waals surface area contributed by atoms with E-state index in [1.807, 2.05) is 12.1 Å². The molecular weight excluding hydrogens is 282 g/mol. The minimum Gasteiger partial charge on any atom is -0.207 e. The lowest BCUT2D eigenvalue weighted by Crippen LogP contribution is -2.40. The van der Waals surface area contributed by atoms with Crippen molar-refractivity contribution in [2.24, 2.45) is 11.8 Å². The van der Waals surface area contributed by atoms with Gasteiger partial charge in [0.15, 0.2) is 0 Å². The van der Waals surface area contributed by atoms with Crippen LogP contribution < -0.4 is 0 Å². The largest absolute Gasteiger partial charge is 0.243 e. The van der Waals surface area contributed by atoms with Crippen molar-refractivity contribution in [2.75, 3.05) is 13.1 Å². The van der Waals surface area contributed by atoms with Crippen molar-refractivity contribution in [3.8, 4) is 0 Å². The maximum absolute atomic E-state index is 12.8. The van der Waals surface area contributed by atoms with E-state index in [-0.39, 0.29) is 5.41 Å². The Hall–Kier alpha value is -0.870. The molecule has 2 aliphatic rings. The molecular formula is C17H25NO2S. The second-order valence-electron chi connectivity index (χ2n) is 7.64. The fourth-order valence-corrected chi connectivity index (χ4v) is 5.23. The molecule has 0 aromatic heterocycles. The molecule has 0 spiro atoms. The molecule has 4 heteroatoms. The minimum atomic E-state index is -3.32. The molecule has 0 amide bonds. The Morgan fingerprint density at radius 1 is 1.00 bits per heavy atom. The van der Waals surface area contributed by atoms with Crippen molar-refractivity contribution in [1.29, 1.82) is 0 Å². The number of piperidine rings is 1. The molecule has 3 rings (SSSR count). The number of hydrogen-bond donors (Lipinski definition) is 0. The Bertz CT molecular complexity index is 601. The van der Waals surface area contributed by atoms with E-state index in [0.29, 0.717) is 29.8 Å². The van der Waals surface area contributed by atoms with Gasteiger partial charge in [0.25, 0.3) is 0 Å². The Balaban J connectivity index is 1.85. The molecule has 0 radical (unpaired) electrons. The van der Waals surface area contributed by atoms with Gasteiger partial charge in [0, 0.05) is 13.1 Å².